The third-order valence-electron chi connectivity index (χ3n) is 5.58. The van der Waals surface area contributed by atoms with Crippen LogP contribution < -0.4 is 9.80 Å². The van der Waals surface area contributed by atoms with Crippen molar-refractivity contribution in [1.82, 2.24) is 29.8 Å². The van der Waals surface area contributed by atoms with E-state index in [1.165, 1.54) is 12.8 Å². The van der Waals surface area contributed by atoms with Gasteiger partial charge in [0.15, 0.2) is 11.5 Å². The first-order valence-electron chi connectivity index (χ1n) is 9.70. The summed E-state index contributed by atoms with van der Waals surface area (Å²) < 4.78 is 1.82. The van der Waals surface area contributed by atoms with E-state index in [9.17, 15) is 0 Å². The van der Waals surface area contributed by atoms with Crippen LogP contribution in [0.5, 0.6) is 0 Å². The van der Waals surface area contributed by atoms with Gasteiger partial charge in [0.05, 0.1) is 0 Å². The van der Waals surface area contributed by atoms with Gasteiger partial charge in [-0.15, -0.1) is 15.3 Å². The molecule has 8 heteroatoms. The van der Waals surface area contributed by atoms with Crippen molar-refractivity contribution < 1.29 is 0 Å². The molecule has 27 heavy (non-hydrogen) atoms. The van der Waals surface area contributed by atoms with Gasteiger partial charge in [-0.3, -0.25) is 0 Å². The van der Waals surface area contributed by atoms with Crippen LogP contribution in [0.15, 0.2) is 24.5 Å². The first-order valence-corrected chi connectivity index (χ1v) is 9.70. The lowest BCUT2D eigenvalue weighted by molar-refractivity contribution is 0.456. The topological polar surface area (TPSA) is 75.3 Å². The van der Waals surface area contributed by atoms with Crippen molar-refractivity contribution in [3.63, 3.8) is 0 Å². The second-order valence-electron chi connectivity index (χ2n) is 7.58. The summed E-state index contributed by atoms with van der Waals surface area (Å²) >= 11 is 0. The van der Waals surface area contributed by atoms with E-state index < -0.39 is 0 Å². The highest BCUT2D eigenvalue weighted by molar-refractivity contribution is 5.47. The van der Waals surface area contributed by atoms with Crippen molar-refractivity contribution >= 4 is 17.3 Å². The lowest BCUT2D eigenvalue weighted by Gasteiger charge is -2.39. The fourth-order valence-electron chi connectivity index (χ4n) is 4.03. The Balaban J connectivity index is 1.33. The van der Waals surface area contributed by atoms with Gasteiger partial charge in [0.25, 0.3) is 0 Å². The molecule has 0 atom stereocenters. The quantitative estimate of drug-likeness (QED) is 0.702. The standard InChI is InChI=1S/C19H24N8/c1-13-11-19(21-12-20-13)26(15-3-4-15)16-7-9-25(10-8-16)18-6-5-17-23-22-14(2)27(17)24-18/h5-6,11-12,15-16H,3-4,7-10H2,1-2H3. The molecule has 1 saturated heterocycles. The van der Waals surface area contributed by atoms with E-state index in [2.05, 4.69) is 42.1 Å². The highest BCUT2D eigenvalue weighted by atomic mass is 15.4. The zero-order valence-electron chi connectivity index (χ0n) is 15.8. The molecule has 1 aliphatic heterocycles. The van der Waals surface area contributed by atoms with Crippen LogP contribution in [0, 0.1) is 13.8 Å². The molecule has 1 saturated carbocycles. The van der Waals surface area contributed by atoms with Gasteiger partial charge in [0.1, 0.15) is 18.0 Å². The van der Waals surface area contributed by atoms with Gasteiger partial charge in [0.2, 0.25) is 0 Å². The summed E-state index contributed by atoms with van der Waals surface area (Å²) in [6.07, 6.45) is 6.46. The number of fused-ring (bicyclic) bond motifs is 1. The van der Waals surface area contributed by atoms with Crippen LogP contribution in [0.2, 0.25) is 0 Å². The second-order valence-corrected chi connectivity index (χ2v) is 7.58. The van der Waals surface area contributed by atoms with Crippen LogP contribution >= 0.6 is 0 Å². The van der Waals surface area contributed by atoms with Crippen LogP contribution in [0.4, 0.5) is 11.6 Å². The van der Waals surface area contributed by atoms with E-state index in [-0.39, 0.29) is 0 Å². The first kappa shape index (κ1) is 16.4. The third-order valence-corrected chi connectivity index (χ3v) is 5.58. The largest absolute Gasteiger partial charge is 0.355 e. The second kappa shape index (κ2) is 6.44. The highest BCUT2D eigenvalue weighted by Gasteiger charge is 2.36. The Morgan fingerprint density at radius 3 is 2.48 bits per heavy atom. The van der Waals surface area contributed by atoms with Gasteiger partial charge < -0.3 is 9.80 Å². The van der Waals surface area contributed by atoms with Crippen molar-refractivity contribution in [2.45, 2.75) is 51.6 Å². The van der Waals surface area contributed by atoms with E-state index in [4.69, 9.17) is 5.10 Å². The number of aryl methyl sites for hydroxylation is 2. The average molecular weight is 364 g/mol. The molecular weight excluding hydrogens is 340 g/mol. The van der Waals surface area contributed by atoms with Crippen molar-refractivity contribution in [2.75, 3.05) is 22.9 Å². The molecule has 140 valence electrons. The monoisotopic (exact) mass is 364 g/mol. The maximum atomic E-state index is 4.73. The van der Waals surface area contributed by atoms with Gasteiger partial charge in [-0.25, -0.2) is 9.97 Å². The van der Waals surface area contributed by atoms with Gasteiger partial charge in [-0.2, -0.15) is 4.52 Å². The van der Waals surface area contributed by atoms with Gasteiger partial charge in [-0.1, -0.05) is 0 Å². The van der Waals surface area contributed by atoms with Crippen molar-refractivity contribution in [3.05, 3.63) is 36.0 Å². The summed E-state index contributed by atoms with van der Waals surface area (Å²) in [5.74, 6) is 2.91. The fraction of sp³-hybridized carbons (Fsp3) is 0.526. The summed E-state index contributed by atoms with van der Waals surface area (Å²) in [6, 6.07) is 7.34. The first-order chi connectivity index (χ1) is 13.2. The predicted octanol–water partition coefficient (Wildman–Crippen LogP) is 2.17. The van der Waals surface area contributed by atoms with Crippen molar-refractivity contribution in [1.29, 1.82) is 0 Å². The number of hydrogen-bond donors (Lipinski definition) is 0. The van der Waals surface area contributed by atoms with Gasteiger partial charge in [0, 0.05) is 36.9 Å². The van der Waals surface area contributed by atoms with E-state index in [1.807, 2.05) is 24.4 Å². The Morgan fingerprint density at radius 1 is 0.963 bits per heavy atom. The molecule has 4 heterocycles. The number of hydrogen-bond acceptors (Lipinski definition) is 7. The molecule has 0 bridgehead atoms. The molecule has 3 aromatic rings. The predicted molar refractivity (Wildman–Crippen MR) is 103 cm³/mol. The molecule has 0 aromatic carbocycles. The maximum absolute atomic E-state index is 4.73. The molecule has 2 fully saturated rings. The Labute approximate surface area is 158 Å². The van der Waals surface area contributed by atoms with Gasteiger partial charge >= 0.3 is 0 Å². The Kier molecular flexibility index (Phi) is 3.91. The molecule has 0 N–H and O–H groups in total. The average Bonchev–Trinajstić information content (AvgIpc) is 3.45. The van der Waals surface area contributed by atoms with E-state index in [0.29, 0.717) is 12.1 Å². The smallest absolute Gasteiger partial charge is 0.178 e. The van der Waals surface area contributed by atoms with Crippen LogP contribution in [-0.4, -0.2) is 55.0 Å². The molecule has 0 unspecified atom stereocenters. The zero-order chi connectivity index (χ0) is 18.4. The lowest BCUT2D eigenvalue weighted by Crippen LogP contribution is -2.46. The van der Waals surface area contributed by atoms with Gasteiger partial charge in [-0.05, 0) is 51.7 Å². The Hall–Kier alpha value is -2.77. The molecule has 0 spiro atoms. The molecule has 3 aromatic heterocycles. The zero-order valence-corrected chi connectivity index (χ0v) is 15.8. The van der Waals surface area contributed by atoms with E-state index in [1.54, 1.807) is 6.33 Å². The normalized spacial score (nSPS) is 18.2. The third kappa shape index (κ3) is 3.09. The maximum Gasteiger partial charge on any atom is 0.178 e. The highest BCUT2D eigenvalue weighted by Crippen LogP contribution is 2.35. The van der Waals surface area contributed by atoms with Crippen LogP contribution in [0.3, 0.4) is 0 Å². The number of piperidine rings is 1. The Morgan fingerprint density at radius 2 is 1.74 bits per heavy atom. The summed E-state index contributed by atoms with van der Waals surface area (Å²) in [7, 11) is 0. The summed E-state index contributed by atoms with van der Waals surface area (Å²) in [6.45, 7) is 5.96. The minimum Gasteiger partial charge on any atom is -0.355 e. The molecular formula is C19H24N8. The summed E-state index contributed by atoms with van der Waals surface area (Å²) in [5, 5.41) is 12.9. The summed E-state index contributed by atoms with van der Waals surface area (Å²) in [4.78, 5) is 13.7. The lowest BCUT2D eigenvalue weighted by atomic mass is 10.0. The Bertz CT molecular complexity index is 955. The SMILES string of the molecule is Cc1cc(N(C2CC2)C2CCN(c3ccc4nnc(C)n4n3)CC2)ncn1. The van der Waals surface area contributed by atoms with E-state index >= 15 is 0 Å². The fourth-order valence-corrected chi connectivity index (χ4v) is 4.03. The number of rotatable bonds is 4. The minimum atomic E-state index is 0.531. The van der Waals surface area contributed by atoms with Crippen LogP contribution in [-0.2, 0) is 0 Å². The molecule has 0 amide bonds. The van der Waals surface area contributed by atoms with Crippen molar-refractivity contribution in [3.8, 4) is 0 Å². The number of aromatic nitrogens is 6. The van der Waals surface area contributed by atoms with Crippen LogP contribution in [0.1, 0.15) is 37.2 Å². The number of anilines is 2. The van der Waals surface area contributed by atoms with E-state index in [0.717, 1.165) is 54.7 Å². The van der Waals surface area contributed by atoms with Crippen LogP contribution in [0.25, 0.3) is 5.65 Å². The summed E-state index contributed by atoms with van der Waals surface area (Å²) in [5.41, 5.74) is 1.83. The molecule has 1 aliphatic carbocycles. The number of nitrogens with zero attached hydrogens (tertiary/aromatic N) is 8. The molecule has 2 aliphatic rings. The minimum absolute atomic E-state index is 0.531. The molecule has 8 nitrogen and oxygen atoms in total. The molecule has 0 radical (unpaired) electrons. The van der Waals surface area contributed by atoms with Crippen molar-refractivity contribution in [2.24, 2.45) is 0 Å². The molecule has 5 rings (SSSR count).